The third kappa shape index (κ3) is 5.08. The number of benzene rings is 1. The molecule has 0 aliphatic heterocycles. The molecule has 0 fully saturated rings. The number of ether oxygens (including phenoxy) is 1. The quantitative estimate of drug-likeness (QED) is 0.612. The summed E-state index contributed by atoms with van der Waals surface area (Å²) in [5, 5.41) is 3.84. The molecule has 1 rings (SSSR count). The van der Waals surface area contributed by atoms with E-state index in [-0.39, 0.29) is 5.91 Å². The van der Waals surface area contributed by atoms with Crippen LogP contribution in [-0.4, -0.2) is 17.8 Å². The highest BCUT2D eigenvalue weighted by Crippen LogP contribution is 2.26. The van der Waals surface area contributed by atoms with Crippen molar-refractivity contribution in [3.8, 4) is 5.75 Å². The van der Waals surface area contributed by atoms with Crippen LogP contribution in [0, 0.1) is 6.92 Å². The van der Waals surface area contributed by atoms with Crippen LogP contribution in [0.4, 0.5) is 5.69 Å². The maximum absolute atomic E-state index is 11.7. The number of nitrogens with one attached hydrogen (secondary N) is 1. The molecule has 0 atom stereocenters. The van der Waals surface area contributed by atoms with Crippen molar-refractivity contribution < 1.29 is 9.53 Å². The highest BCUT2D eigenvalue weighted by Gasteiger charge is 2.07. The van der Waals surface area contributed by atoms with Gasteiger partial charge in [-0.25, -0.2) is 0 Å². The Bertz CT molecular complexity index is 393. The number of hydrogen-bond acceptors (Lipinski definition) is 2. The van der Waals surface area contributed by atoms with Gasteiger partial charge in [0.25, 0.3) is 0 Å². The maximum Gasteiger partial charge on any atom is 0.224 e. The van der Waals surface area contributed by atoms with E-state index in [0.29, 0.717) is 13.0 Å². The number of unbranched alkanes of at least 4 members (excludes halogenated alkanes) is 1. The van der Waals surface area contributed by atoms with E-state index < -0.39 is 0 Å². The molecule has 0 unspecified atom stereocenters. The summed E-state index contributed by atoms with van der Waals surface area (Å²) >= 11 is 3.35. The summed E-state index contributed by atoms with van der Waals surface area (Å²) in [6, 6.07) is 5.80. The molecular formula is C14H20BrNO2. The largest absolute Gasteiger partial charge is 0.492 e. The van der Waals surface area contributed by atoms with Gasteiger partial charge in [0.1, 0.15) is 5.75 Å². The molecule has 100 valence electrons. The van der Waals surface area contributed by atoms with Gasteiger partial charge in [-0.2, -0.15) is 0 Å². The Morgan fingerprint density at radius 1 is 1.39 bits per heavy atom. The summed E-state index contributed by atoms with van der Waals surface area (Å²) < 4.78 is 5.52. The summed E-state index contributed by atoms with van der Waals surface area (Å²) in [5.74, 6) is 0.784. The first-order valence-corrected chi connectivity index (χ1v) is 7.38. The normalized spacial score (nSPS) is 10.2. The maximum atomic E-state index is 11.7. The second kappa shape index (κ2) is 8.14. The third-order valence-electron chi connectivity index (χ3n) is 2.50. The van der Waals surface area contributed by atoms with Crippen LogP contribution in [0.1, 0.15) is 31.7 Å². The number of amides is 1. The van der Waals surface area contributed by atoms with E-state index in [2.05, 4.69) is 21.2 Å². The number of carbonyl (C=O) groups is 1. The van der Waals surface area contributed by atoms with Crippen LogP contribution >= 0.6 is 15.9 Å². The molecule has 0 aliphatic rings. The van der Waals surface area contributed by atoms with Crippen LogP contribution in [-0.2, 0) is 4.79 Å². The van der Waals surface area contributed by atoms with Crippen molar-refractivity contribution in [2.45, 2.75) is 33.1 Å². The summed E-state index contributed by atoms with van der Waals surface area (Å²) in [7, 11) is 0. The van der Waals surface area contributed by atoms with Crippen LogP contribution < -0.4 is 10.1 Å². The molecule has 0 heterocycles. The lowest BCUT2D eigenvalue weighted by Crippen LogP contribution is -2.12. The Balaban J connectivity index is 2.62. The molecule has 0 aromatic heterocycles. The van der Waals surface area contributed by atoms with Gasteiger partial charge in [0.2, 0.25) is 5.91 Å². The predicted molar refractivity (Wildman–Crippen MR) is 78.6 cm³/mol. The Kier molecular flexibility index (Phi) is 6.80. The van der Waals surface area contributed by atoms with Crippen LogP contribution in [0.25, 0.3) is 0 Å². The average Bonchev–Trinajstić information content (AvgIpc) is 2.33. The van der Waals surface area contributed by atoms with Crippen molar-refractivity contribution in [1.29, 1.82) is 0 Å². The molecule has 0 saturated heterocycles. The summed E-state index contributed by atoms with van der Waals surface area (Å²) in [6.07, 6.45) is 2.46. The smallest absolute Gasteiger partial charge is 0.224 e. The second-order valence-electron chi connectivity index (χ2n) is 4.13. The molecular weight excluding hydrogens is 294 g/mol. The van der Waals surface area contributed by atoms with Crippen molar-refractivity contribution in [3.63, 3.8) is 0 Å². The molecule has 0 bridgehead atoms. The SMILES string of the molecule is CCOc1cc(C)ccc1NC(=O)CCCCBr. The van der Waals surface area contributed by atoms with E-state index in [9.17, 15) is 4.79 Å². The van der Waals surface area contributed by atoms with Crippen molar-refractivity contribution >= 4 is 27.5 Å². The van der Waals surface area contributed by atoms with E-state index in [1.165, 1.54) is 0 Å². The number of hydrogen-bond donors (Lipinski definition) is 1. The number of anilines is 1. The molecule has 0 saturated carbocycles. The zero-order chi connectivity index (χ0) is 13.4. The van der Waals surface area contributed by atoms with Gasteiger partial charge in [0.05, 0.1) is 12.3 Å². The second-order valence-corrected chi connectivity index (χ2v) is 4.92. The lowest BCUT2D eigenvalue weighted by atomic mass is 10.2. The first-order valence-electron chi connectivity index (χ1n) is 6.26. The first kappa shape index (κ1) is 15.0. The van der Waals surface area contributed by atoms with Gasteiger partial charge in [-0.1, -0.05) is 22.0 Å². The Labute approximate surface area is 117 Å². The van der Waals surface area contributed by atoms with E-state index in [1.54, 1.807) is 0 Å². The van der Waals surface area contributed by atoms with Crippen molar-refractivity contribution in [3.05, 3.63) is 23.8 Å². The molecule has 1 amide bonds. The summed E-state index contributed by atoms with van der Waals surface area (Å²) in [6.45, 7) is 4.53. The minimum absolute atomic E-state index is 0.0424. The topological polar surface area (TPSA) is 38.3 Å². The lowest BCUT2D eigenvalue weighted by Gasteiger charge is -2.12. The fourth-order valence-corrected chi connectivity index (χ4v) is 2.00. The fraction of sp³-hybridized carbons (Fsp3) is 0.500. The molecule has 4 heteroatoms. The minimum atomic E-state index is 0.0424. The van der Waals surface area contributed by atoms with Crippen LogP contribution in [0.2, 0.25) is 0 Å². The predicted octanol–water partition coefficient (Wildman–Crippen LogP) is 3.90. The zero-order valence-corrected chi connectivity index (χ0v) is 12.5. The Morgan fingerprint density at radius 2 is 2.17 bits per heavy atom. The number of halogens is 1. The van der Waals surface area contributed by atoms with Gasteiger partial charge < -0.3 is 10.1 Å². The molecule has 1 aromatic carbocycles. The van der Waals surface area contributed by atoms with Crippen LogP contribution in [0.5, 0.6) is 5.75 Å². The van der Waals surface area contributed by atoms with Gasteiger partial charge in [-0.05, 0) is 44.4 Å². The standard InChI is InChI=1S/C14H20BrNO2/c1-3-18-13-10-11(2)7-8-12(13)16-14(17)6-4-5-9-15/h7-8,10H,3-6,9H2,1-2H3,(H,16,17). The van der Waals surface area contributed by atoms with Gasteiger partial charge in [0.15, 0.2) is 0 Å². The first-order chi connectivity index (χ1) is 8.67. The van der Waals surface area contributed by atoms with Gasteiger partial charge in [-0.15, -0.1) is 0 Å². The van der Waals surface area contributed by atoms with E-state index in [4.69, 9.17) is 4.74 Å². The number of rotatable bonds is 7. The van der Waals surface area contributed by atoms with Crippen LogP contribution in [0.15, 0.2) is 18.2 Å². The van der Waals surface area contributed by atoms with Crippen molar-refractivity contribution in [2.24, 2.45) is 0 Å². The number of carbonyl (C=O) groups excluding carboxylic acids is 1. The van der Waals surface area contributed by atoms with Gasteiger partial charge in [0, 0.05) is 11.8 Å². The Morgan fingerprint density at radius 3 is 2.83 bits per heavy atom. The minimum Gasteiger partial charge on any atom is -0.492 e. The van der Waals surface area contributed by atoms with E-state index in [0.717, 1.165) is 35.2 Å². The average molecular weight is 314 g/mol. The summed E-state index contributed by atoms with van der Waals surface area (Å²) in [5.41, 5.74) is 1.88. The molecule has 0 spiro atoms. The van der Waals surface area contributed by atoms with E-state index >= 15 is 0 Å². The molecule has 0 radical (unpaired) electrons. The Hall–Kier alpha value is -1.03. The number of alkyl halides is 1. The van der Waals surface area contributed by atoms with Crippen LogP contribution in [0.3, 0.4) is 0 Å². The molecule has 1 aromatic rings. The molecule has 3 nitrogen and oxygen atoms in total. The number of aryl methyl sites for hydroxylation is 1. The monoisotopic (exact) mass is 313 g/mol. The van der Waals surface area contributed by atoms with E-state index in [1.807, 2.05) is 32.0 Å². The third-order valence-corrected chi connectivity index (χ3v) is 3.06. The lowest BCUT2D eigenvalue weighted by molar-refractivity contribution is -0.116. The fourth-order valence-electron chi connectivity index (χ4n) is 1.60. The van der Waals surface area contributed by atoms with Gasteiger partial charge >= 0.3 is 0 Å². The molecule has 1 N–H and O–H groups in total. The highest BCUT2D eigenvalue weighted by molar-refractivity contribution is 9.09. The van der Waals surface area contributed by atoms with Crippen molar-refractivity contribution in [2.75, 3.05) is 17.3 Å². The highest BCUT2D eigenvalue weighted by atomic mass is 79.9. The molecule has 18 heavy (non-hydrogen) atoms. The van der Waals surface area contributed by atoms with Gasteiger partial charge in [-0.3, -0.25) is 4.79 Å². The summed E-state index contributed by atoms with van der Waals surface area (Å²) in [4.78, 5) is 11.7. The molecule has 0 aliphatic carbocycles. The van der Waals surface area contributed by atoms with Crippen molar-refractivity contribution in [1.82, 2.24) is 0 Å². The zero-order valence-electron chi connectivity index (χ0n) is 11.0.